The van der Waals surface area contributed by atoms with Crippen LogP contribution in [0.25, 0.3) is 0 Å². The number of methoxy groups -OCH3 is 1. The highest BCUT2D eigenvalue weighted by molar-refractivity contribution is 6.35. The molecule has 0 bridgehead atoms. The third kappa shape index (κ3) is 5.18. The summed E-state index contributed by atoms with van der Waals surface area (Å²) >= 11 is 12.2. The lowest BCUT2D eigenvalue weighted by Gasteiger charge is -2.19. The van der Waals surface area contributed by atoms with Gasteiger partial charge in [0.05, 0.1) is 7.11 Å². The molecule has 0 aliphatic heterocycles. The molecule has 5 nitrogen and oxygen atoms in total. The van der Waals surface area contributed by atoms with Crippen LogP contribution in [-0.4, -0.2) is 36.7 Å². The first-order valence-electron chi connectivity index (χ1n) is 7.70. The van der Waals surface area contributed by atoms with E-state index in [1.807, 2.05) is 0 Å². The highest BCUT2D eigenvalue weighted by Gasteiger charge is 2.11. The number of phenols is 1. The van der Waals surface area contributed by atoms with Gasteiger partial charge in [-0.2, -0.15) is 0 Å². The Morgan fingerprint density at radius 1 is 1.24 bits per heavy atom. The van der Waals surface area contributed by atoms with Crippen molar-refractivity contribution in [2.24, 2.45) is 0 Å². The lowest BCUT2D eigenvalue weighted by molar-refractivity contribution is 0.207. The van der Waals surface area contributed by atoms with Gasteiger partial charge in [0.1, 0.15) is 0 Å². The highest BCUT2D eigenvalue weighted by Crippen LogP contribution is 2.27. The van der Waals surface area contributed by atoms with Gasteiger partial charge in [0.15, 0.2) is 11.5 Å². The number of hydrogen-bond acceptors (Lipinski definition) is 3. The zero-order valence-electron chi connectivity index (χ0n) is 14.1. The normalized spacial score (nSPS) is 10.4. The molecule has 0 spiro atoms. The molecule has 0 unspecified atom stereocenters. The second-order valence-corrected chi connectivity index (χ2v) is 6.36. The predicted molar refractivity (Wildman–Crippen MR) is 99.7 cm³/mol. The molecule has 7 heteroatoms. The second-order valence-electron chi connectivity index (χ2n) is 5.54. The van der Waals surface area contributed by atoms with Crippen LogP contribution in [0.3, 0.4) is 0 Å². The summed E-state index contributed by atoms with van der Waals surface area (Å²) in [5.41, 5.74) is 1.61. The molecule has 0 aliphatic rings. The molecule has 0 radical (unpaired) electrons. The van der Waals surface area contributed by atoms with Crippen LogP contribution < -0.4 is 10.1 Å². The highest BCUT2D eigenvalue weighted by atomic mass is 35.5. The maximum atomic E-state index is 12.2. The number of amides is 2. The minimum atomic E-state index is -0.224. The van der Waals surface area contributed by atoms with Crippen LogP contribution in [0.2, 0.25) is 10.0 Å². The van der Waals surface area contributed by atoms with Crippen molar-refractivity contribution >= 4 is 29.2 Å². The summed E-state index contributed by atoms with van der Waals surface area (Å²) in [4.78, 5) is 13.7. The molecule has 2 aromatic rings. The van der Waals surface area contributed by atoms with Gasteiger partial charge in [0, 0.05) is 30.2 Å². The van der Waals surface area contributed by atoms with Crippen LogP contribution in [-0.2, 0) is 13.0 Å². The van der Waals surface area contributed by atoms with E-state index >= 15 is 0 Å². The monoisotopic (exact) mass is 382 g/mol. The molecule has 0 atom stereocenters. The largest absolute Gasteiger partial charge is 0.504 e. The molecule has 0 fully saturated rings. The average molecular weight is 383 g/mol. The van der Waals surface area contributed by atoms with Crippen molar-refractivity contribution < 1.29 is 14.6 Å². The molecule has 25 heavy (non-hydrogen) atoms. The van der Waals surface area contributed by atoms with Crippen LogP contribution in [0.1, 0.15) is 11.1 Å². The molecule has 2 N–H and O–H groups in total. The molecule has 2 rings (SSSR count). The Balaban J connectivity index is 1.87. The number of rotatable bonds is 6. The lowest BCUT2D eigenvalue weighted by Crippen LogP contribution is -2.37. The number of carbonyl (C=O) groups is 1. The summed E-state index contributed by atoms with van der Waals surface area (Å²) in [5.74, 6) is 0.439. The van der Waals surface area contributed by atoms with Crippen LogP contribution >= 0.6 is 23.2 Å². The Hall–Kier alpha value is -2.11. The Bertz CT molecular complexity index is 733. The van der Waals surface area contributed by atoms with E-state index in [2.05, 4.69) is 5.32 Å². The van der Waals surface area contributed by atoms with E-state index in [1.165, 1.54) is 12.0 Å². The predicted octanol–water partition coefficient (Wildman–Crippen LogP) is 4.09. The quantitative estimate of drug-likeness (QED) is 0.790. The fraction of sp³-hybridized carbons (Fsp3) is 0.278. The molecular formula is C18H20Cl2N2O3. The van der Waals surface area contributed by atoms with Crippen molar-refractivity contribution in [3.63, 3.8) is 0 Å². The van der Waals surface area contributed by atoms with Gasteiger partial charge in [-0.25, -0.2) is 4.79 Å². The standard InChI is InChI=1S/C18H20Cl2N2O3/c1-22(11-12-6-7-17(25-2)16(23)10-12)18(24)21-9-8-13-14(19)4-3-5-15(13)20/h3-7,10,23H,8-9,11H2,1-2H3,(H,21,24). The van der Waals surface area contributed by atoms with Crippen LogP contribution in [0.5, 0.6) is 11.5 Å². The number of aromatic hydroxyl groups is 1. The number of halogens is 2. The number of hydrogen-bond donors (Lipinski definition) is 2. The summed E-state index contributed by atoms with van der Waals surface area (Å²) in [7, 11) is 3.17. The summed E-state index contributed by atoms with van der Waals surface area (Å²) in [6.45, 7) is 0.775. The topological polar surface area (TPSA) is 61.8 Å². The van der Waals surface area contributed by atoms with Gasteiger partial charge in [-0.1, -0.05) is 35.3 Å². The van der Waals surface area contributed by atoms with Crippen molar-refractivity contribution in [2.75, 3.05) is 20.7 Å². The fourth-order valence-corrected chi connectivity index (χ4v) is 2.97. The number of nitrogens with one attached hydrogen (secondary N) is 1. The van der Waals surface area contributed by atoms with Crippen molar-refractivity contribution in [3.05, 3.63) is 57.6 Å². The number of nitrogens with zero attached hydrogens (tertiary/aromatic N) is 1. The van der Waals surface area contributed by atoms with Gasteiger partial charge in [0.2, 0.25) is 0 Å². The van der Waals surface area contributed by atoms with Gasteiger partial charge < -0.3 is 20.1 Å². The Morgan fingerprint density at radius 3 is 2.52 bits per heavy atom. The molecule has 134 valence electrons. The molecular weight excluding hydrogens is 363 g/mol. The first-order valence-corrected chi connectivity index (χ1v) is 8.45. The Morgan fingerprint density at radius 2 is 1.92 bits per heavy atom. The molecule has 2 aromatic carbocycles. The van der Waals surface area contributed by atoms with E-state index < -0.39 is 0 Å². The van der Waals surface area contributed by atoms with Gasteiger partial charge in [-0.05, 0) is 41.8 Å². The summed E-state index contributed by atoms with van der Waals surface area (Å²) in [5, 5.41) is 13.8. The van der Waals surface area contributed by atoms with Crippen molar-refractivity contribution in [3.8, 4) is 11.5 Å². The van der Waals surface area contributed by atoms with E-state index in [-0.39, 0.29) is 11.8 Å². The SMILES string of the molecule is COc1ccc(CN(C)C(=O)NCCc2c(Cl)cccc2Cl)cc1O. The third-order valence-corrected chi connectivity index (χ3v) is 4.43. The number of benzene rings is 2. The first kappa shape index (κ1) is 19.2. The maximum absolute atomic E-state index is 12.2. The molecule has 0 heterocycles. The van der Waals surface area contributed by atoms with Crippen LogP contribution in [0, 0.1) is 0 Å². The second kappa shape index (κ2) is 8.83. The zero-order valence-corrected chi connectivity index (χ0v) is 15.6. The lowest BCUT2D eigenvalue weighted by atomic mass is 10.1. The minimum absolute atomic E-state index is 0.0437. The zero-order chi connectivity index (χ0) is 18.4. The van der Waals surface area contributed by atoms with Crippen molar-refractivity contribution in [1.82, 2.24) is 10.2 Å². The minimum Gasteiger partial charge on any atom is -0.504 e. The number of phenolic OH excluding ortho intramolecular Hbond substituents is 1. The van der Waals surface area contributed by atoms with Gasteiger partial charge >= 0.3 is 6.03 Å². The number of urea groups is 1. The van der Waals surface area contributed by atoms with E-state index in [9.17, 15) is 9.90 Å². The Kier molecular flexibility index (Phi) is 6.79. The van der Waals surface area contributed by atoms with Crippen LogP contribution in [0.4, 0.5) is 4.79 Å². The number of ether oxygens (including phenoxy) is 1. The Labute approximate surface area is 157 Å². The summed E-state index contributed by atoms with van der Waals surface area (Å²) in [6, 6.07) is 10.1. The summed E-state index contributed by atoms with van der Waals surface area (Å²) < 4.78 is 5.00. The molecule has 2 amide bonds. The summed E-state index contributed by atoms with van der Waals surface area (Å²) in [6.07, 6.45) is 0.543. The molecule has 0 saturated heterocycles. The molecule has 0 aliphatic carbocycles. The van der Waals surface area contributed by atoms with Gasteiger partial charge in [-0.15, -0.1) is 0 Å². The molecule has 0 aromatic heterocycles. The molecule has 0 saturated carbocycles. The number of carbonyl (C=O) groups excluding carboxylic acids is 1. The van der Waals surface area contributed by atoms with Crippen molar-refractivity contribution in [1.29, 1.82) is 0 Å². The van der Waals surface area contributed by atoms with E-state index in [4.69, 9.17) is 27.9 Å². The van der Waals surface area contributed by atoms with Gasteiger partial charge in [0.25, 0.3) is 0 Å². The van der Waals surface area contributed by atoms with E-state index in [1.54, 1.807) is 43.4 Å². The average Bonchev–Trinajstić information content (AvgIpc) is 2.57. The van der Waals surface area contributed by atoms with Crippen LogP contribution in [0.15, 0.2) is 36.4 Å². The maximum Gasteiger partial charge on any atom is 0.317 e. The van der Waals surface area contributed by atoms with Gasteiger partial charge in [-0.3, -0.25) is 0 Å². The van der Waals surface area contributed by atoms with E-state index in [0.29, 0.717) is 35.3 Å². The first-order chi connectivity index (χ1) is 11.9. The third-order valence-electron chi connectivity index (χ3n) is 3.72. The van der Waals surface area contributed by atoms with E-state index in [0.717, 1.165) is 11.1 Å². The fourth-order valence-electron chi connectivity index (χ4n) is 2.38. The smallest absolute Gasteiger partial charge is 0.317 e. The van der Waals surface area contributed by atoms with Crippen molar-refractivity contribution in [2.45, 2.75) is 13.0 Å².